The summed E-state index contributed by atoms with van der Waals surface area (Å²) in [6, 6.07) is 0. The van der Waals surface area contributed by atoms with E-state index in [-0.39, 0.29) is 0 Å². The van der Waals surface area contributed by atoms with Gasteiger partial charge in [-0.05, 0) is 31.6 Å². The van der Waals surface area contributed by atoms with Crippen molar-refractivity contribution in [1.82, 2.24) is 19.9 Å². The number of nitrogens with one attached hydrogen (secondary N) is 2. The number of H-pyrrole nitrogens is 1. The summed E-state index contributed by atoms with van der Waals surface area (Å²) in [4.78, 5) is 15.5. The average Bonchev–Trinajstić information content (AvgIpc) is 2.87. The van der Waals surface area contributed by atoms with Crippen LogP contribution in [-0.4, -0.2) is 31.9 Å². The zero-order valence-electron chi connectivity index (χ0n) is 10.1. The second-order valence-electron chi connectivity index (χ2n) is 4.82. The summed E-state index contributed by atoms with van der Waals surface area (Å²) >= 11 is 6.11. The summed E-state index contributed by atoms with van der Waals surface area (Å²) in [5.74, 6) is 1.53. The standard InChI is InChI=1S/C12H16ClN5/c13-9-3-1-8(2-4-9)5-14-11-10-12(16-6-15-10)18-7-17-11/h6-9H,1-5H2,(H2,14,15,16,17,18). The molecule has 2 N–H and O–H groups in total. The van der Waals surface area contributed by atoms with Gasteiger partial charge in [-0.2, -0.15) is 0 Å². The first-order chi connectivity index (χ1) is 8.83. The van der Waals surface area contributed by atoms with Gasteiger partial charge in [-0.15, -0.1) is 11.6 Å². The zero-order chi connectivity index (χ0) is 12.4. The van der Waals surface area contributed by atoms with E-state index in [9.17, 15) is 0 Å². The van der Waals surface area contributed by atoms with Crippen LogP contribution < -0.4 is 5.32 Å². The second-order valence-corrected chi connectivity index (χ2v) is 5.44. The maximum Gasteiger partial charge on any atom is 0.182 e. The van der Waals surface area contributed by atoms with Crippen LogP contribution in [-0.2, 0) is 0 Å². The molecular formula is C12H16ClN5. The molecule has 0 spiro atoms. The third kappa shape index (κ3) is 2.41. The molecular weight excluding hydrogens is 250 g/mol. The lowest BCUT2D eigenvalue weighted by Gasteiger charge is -2.25. The number of hydrogen-bond donors (Lipinski definition) is 2. The lowest BCUT2D eigenvalue weighted by molar-refractivity contribution is 0.378. The van der Waals surface area contributed by atoms with E-state index in [1.54, 1.807) is 12.7 Å². The van der Waals surface area contributed by atoms with Crippen LogP contribution in [0.3, 0.4) is 0 Å². The Bertz CT molecular complexity index is 518. The Kier molecular flexibility index (Phi) is 3.32. The van der Waals surface area contributed by atoms with E-state index in [0.717, 1.165) is 30.7 Å². The molecule has 1 fully saturated rings. The molecule has 0 saturated heterocycles. The molecule has 0 bridgehead atoms. The molecule has 1 aliphatic carbocycles. The van der Waals surface area contributed by atoms with Crippen LogP contribution in [0.5, 0.6) is 0 Å². The summed E-state index contributed by atoms with van der Waals surface area (Å²) in [6.45, 7) is 0.939. The maximum atomic E-state index is 6.11. The molecule has 5 nitrogen and oxygen atoms in total. The summed E-state index contributed by atoms with van der Waals surface area (Å²) < 4.78 is 0. The Morgan fingerprint density at radius 3 is 2.89 bits per heavy atom. The molecule has 2 heterocycles. The van der Waals surface area contributed by atoms with Crippen molar-refractivity contribution in [3.8, 4) is 0 Å². The van der Waals surface area contributed by atoms with E-state index in [1.807, 2.05) is 0 Å². The van der Waals surface area contributed by atoms with Gasteiger partial charge in [-0.25, -0.2) is 15.0 Å². The number of alkyl halides is 1. The van der Waals surface area contributed by atoms with E-state index < -0.39 is 0 Å². The van der Waals surface area contributed by atoms with Gasteiger partial charge in [0.25, 0.3) is 0 Å². The third-order valence-corrected chi connectivity index (χ3v) is 3.99. The number of anilines is 1. The van der Waals surface area contributed by atoms with Crippen molar-refractivity contribution in [2.75, 3.05) is 11.9 Å². The van der Waals surface area contributed by atoms with Crippen LogP contribution in [0.2, 0.25) is 0 Å². The van der Waals surface area contributed by atoms with E-state index in [2.05, 4.69) is 25.3 Å². The first-order valence-electron chi connectivity index (χ1n) is 6.35. The fourth-order valence-corrected chi connectivity index (χ4v) is 2.72. The van der Waals surface area contributed by atoms with Gasteiger partial charge in [0.2, 0.25) is 0 Å². The summed E-state index contributed by atoms with van der Waals surface area (Å²) in [5, 5.41) is 3.77. The number of imidazole rings is 1. The zero-order valence-corrected chi connectivity index (χ0v) is 10.8. The van der Waals surface area contributed by atoms with Gasteiger partial charge >= 0.3 is 0 Å². The van der Waals surface area contributed by atoms with Gasteiger partial charge in [0.05, 0.1) is 6.33 Å². The lowest BCUT2D eigenvalue weighted by Crippen LogP contribution is -2.21. The Labute approximate surface area is 110 Å². The van der Waals surface area contributed by atoms with E-state index >= 15 is 0 Å². The van der Waals surface area contributed by atoms with Crippen molar-refractivity contribution in [1.29, 1.82) is 0 Å². The second kappa shape index (κ2) is 5.10. The first kappa shape index (κ1) is 11.7. The monoisotopic (exact) mass is 265 g/mol. The van der Waals surface area contributed by atoms with Crippen LogP contribution >= 0.6 is 11.6 Å². The highest BCUT2D eigenvalue weighted by Gasteiger charge is 2.19. The number of rotatable bonds is 3. The van der Waals surface area contributed by atoms with Gasteiger partial charge in [0, 0.05) is 11.9 Å². The minimum absolute atomic E-state index is 0.375. The molecule has 6 heteroatoms. The Morgan fingerprint density at radius 2 is 2.06 bits per heavy atom. The smallest absolute Gasteiger partial charge is 0.182 e. The molecule has 18 heavy (non-hydrogen) atoms. The highest BCUT2D eigenvalue weighted by Crippen LogP contribution is 2.28. The third-order valence-electron chi connectivity index (χ3n) is 3.56. The number of aromatic amines is 1. The van der Waals surface area contributed by atoms with Crippen LogP contribution in [0.4, 0.5) is 5.82 Å². The number of fused-ring (bicyclic) bond motifs is 1. The average molecular weight is 266 g/mol. The molecule has 2 aromatic heterocycles. The van der Waals surface area contributed by atoms with E-state index in [4.69, 9.17) is 11.6 Å². The molecule has 96 valence electrons. The highest BCUT2D eigenvalue weighted by atomic mass is 35.5. The quantitative estimate of drug-likeness (QED) is 0.837. The molecule has 0 aromatic carbocycles. The van der Waals surface area contributed by atoms with Crippen molar-refractivity contribution in [2.45, 2.75) is 31.1 Å². The summed E-state index contributed by atoms with van der Waals surface area (Å²) in [6.07, 6.45) is 7.81. The summed E-state index contributed by atoms with van der Waals surface area (Å²) in [5.41, 5.74) is 1.58. The highest BCUT2D eigenvalue weighted by molar-refractivity contribution is 6.20. The predicted octanol–water partition coefficient (Wildman–Crippen LogP) is 2.56. The van der Waals surface area contributed by atoms with Crippen LogP contribution in [0.15, 0.2) is 12.7 Å². The number of aromatic nitrogens is 4. The van der Waals surface area contributed by atoms with Gasteiger partial charge in [-0.1, -0.05) is 0 Å². The minimum atomic E-state index is 0.375. The molecule has 0 radical (unpaired) electrons. The van der Waals surface area contributed by atoms with Crippen molar-refractivity contribution < 1.29 is 0 Å². The van der Waals surface area contributed by atoms with Crippen molar-refractivity contribution in [3.05, 3.63) is 12.7 Å². The Balaban J connectivity index is 1.64. The fourth-order valence-electron chi connectivity index (χ4n) is 2.47. The fraction of sp³-hybridized carbons (Fsp3) is 0.583. The van der Waals surface area contributed by atoms with Crippen LogP contribution in [0.25, 0.3) is 11.2 Å². The van der Waals surface area contributed by atoms with Gasteiger partial charge in [-0.3, -0.25) is 0 Å². The Morgan fingerprint density at radius 1 is 1.22 bits per heavy atom. The maximum absolute atomic E-state index is 6.11. The predicted molar refractivity (Wildman–Crippen MR) is 71.8 cm³/mol. The normalized spacial score (nSPS) is 24.3. The van der Waals surface area contributed by atoms with Gasteiger partial charge < -0.3 is 10.3 Å². The molecule has 1 saturated carbocycles. The molecule has 0 amide bonds. The van der Waals surface area contributed by atoms with Gasteiger partial charge in [0.15, 0.2) is 11.5 Å². The molecule has 1 aliphatic rings. The summed E-state index contributed by atoms with van der Waals surface area (Å²) in [7, 11) is 0. The lowest BCUT2D eigenvalue weighted by atomic mass is 9.89. The van der Waals surface area contributed by atoms with Gasteiger partial charge in [0.1, 0.15) is 11.8 Å². The van der Waals surface area contributed by atoms with Crippen molar-refractivity contribution in [2.24, 2.45) is 5.92 Å². The van der Waals surface area contributed by atoms with Crippen molar-refractivity contribution in [3.63, 3.8) is 0 Å². The number of nitrogens with zero attached hydrogens (tertiary/aromatic N) is 3. The van der Waals surface area contributed by atoms with E-state index in [1.165, 1.54) is 12.8 Å². The molecule has 0 atom stereocenters. The number of hydrogen-bond acceptors (Lipinski definition) is 4. The largest absolute Gasteiger partial charge is 0.368 e. The minimum Gasteiger partial charge on any atom is -0.368 e. The molecule has 2 aromatic rings. The molecule has 0 unspecified atom stereocenters. The van der Waals surface area contributed by atoms with E-state index in [0.29, 0.717) is 16.9 Å². The Hall–Kier alpha value is -1.36. The van der Waals surface area contributed by atoms with Crippen LogP contribution in [0, 0.1) is 5.92 Å². The van der Waals surface area contributed by atoms with Crippen molar-refractivity contribution >= 4 is 28.6 Å². The first-order valence-corrected chi connectivity index (χ1v) is 6.78. The van der Waals surface area contributed by atoms with Crippen LogP contribution in [0.1, 0.15) is 25.7 Å². The number of halogens is 1. The SMILES string of the molecule is ClC1CCC(CNc2ncnc3nc[nH]c23)CC1. The topological polar surface area (TPSA) is 66.5 Å². The molecule has 0 aliphatic heterocycles. The molecule has 3 rings (SSSR count).